The minimum absolute atomic E-state index is 0.00125. The number of rotatable bonds is 8. The van der Waals surface area contributed by atoms with E-state index in [0.717, 1.165) is 5.56 Å². The summed E-state index contributed by atoms with van der Waals surface area (Å²) in [4.78, 5) is 42.8. The second-order valence-corrected chi connectivity index (χ2v) is 11.6. The molecule has 3 aliphatic heterocycles. The third-order valence-corrected chi connectivity index (χ3v) is 7.96. The van der Waals surface area contributed by atoms with Crippen LogP contribution in [0.1, 0.15) is 59.4 Å². The molecule has 1 aromatic rings. The molecule has 6 atom stereocenters. The van der Waals surface area contributed by atoms with Crippen LogP contribution in [0.3, 0.4) is 0 Å². The summed E-state index contributed by atoms with van der Waals surface area (Å²) < 4.78 is 6.69. The smallest absolute Gasteiger partial charge is 0.246 e. The fourth-order valence-electron chi connectivity index (χ4n) is 6.41. The molecule has 3 fully saturated rings. The molecule has 4 rings (SSSR count). The summed E-state index contributed by atoms with van der Waals surface area (Å²) in [5.41, 5.74) is -1.39. The molecule has 8 heteroatoms. The van der Waals surface area contributed by atoms with Crippen LogP contribution in [-0.2, 0) is 25.7 Å². The topological polar surface area (TPSA) is 108 Å². The molecule has 3 unspecified atom stereocenters. The molecule has 3 N–H and O–H groups in total. The first kappa shape index (κ1) is 25.6. The van der Waals surface area contributed by atoms with Crippen molar-refractivity contribution in [2.24, 2.45) is 17.8 Å². The van der Waals surface area contributed by atoms with Gasteiger partial charge in [0.15, 0.2) is 0 Å². The van der Waals surface area contributed by atoms with Gasteiger partial charge in [0.2, 0.25) is 17.7 Å². The van der Waals surface area contributed by atoms with Gasteiger partial charge in [0.25, 0.3) is 0 Å². The number of nitrogens with one attached hydrogen (secondary N) is 2. The number of carbonyl (C=O) groups excluding carboxylic acids is 3. The molecule has 2 bridgehead atoms. The highest BCUT2D eigenvalue weighted by molar-refractivity contribution is 5.99. The number of fused-ring (bicyclic) bond motifs is 1. The Balaban J connectivity index is 1.67. The SMILES string of the molecule is CC1CC23O[C@@]1(C)[C@H](C(=O)NCc1ccccc1)[C@H]2C(=O)N(CCCCO)C3C(=O)NC(C)(C)C. The Hall–Kier alpha value is -2.45. The van der Waals surface area contributed by atoms with E-state index >= 15 is 0 Å². The van der Waals surface area contributed by atoms with E-state index in [-0.39, 0.29) is 30.2 Å². The predicted molar refractivity (Wildman–Crippen MR) is 131 cm³/mol. The summed E-state index contributed by atoms with van der Waals surface area (Å²) in [5.74, 6) is -2.07. The summed E-state index contributed by atoms with van der Waals surface area (Å²) in [5, 5.41) is 15.4. The lowest BCUT2D eigenvalue weighted by atomic mass is 9.62. The largest absolute Gasteiger partial charge is 0.396 e. The highest BCUT2D eigenvalue weighted by atomic mass is 16.5. The Labute approximate surface area is 207 Å². The summed E-state index contributed by atoms with van der Waals surface area (Å²) in [6.45, 7) is 10.4. The van der Waals surface area contributed by atoms with Gasteiger partial charge in [-0.05, 0) is 58.4 Å². The van der Waals surface area contributed by atoms with Crippen molar-refractivity contribution in [3.63, 3.8) is 0 Å². The van der Waals surface area contributed by atoms with Crippen molar-refractivity contribution >= 4 is 17.7 Å². The third kappa shape index (κ3) is 4.35. The number of carbonyl (C=O) groups is 3. The van der Waals surface area contributed by atoms with Crippen LogP contribution in [0.4, 0.5) is 0 Å². The Morgan fingerprint density at radius 2 is 1.86 bits per heavy atom. The van der Waals surface area contributed by atoms with Crippen molar-refractivity contribution in [1.29, 1.82) is 0 Å². The second kappa shape index (κ2) is 9.21. The van der Waals surface area contributed by atoms with Crippen molar-refractivity contribution in [2.75, 3.05) is 13.2 Å². The number of benzene rings is 1. The lowest BCUT2D eigenvalue weighted by Crippen LogP contribution is -2.58. The normalized spacial score (nSPS) is 33.7. The Kier molecular flexibility index (Phi) is 6.74. The molecule has 8 nitrogen and oxygen atoms in total. The number of likely N-dealkylation sites (tertiary alicyclic amines) is 1. The number of amides is 3. The van der Waals surface area contributed by atoms with Gasteiger partial charge in [-0.1, -0.05) is 37.3 Å². The van der Waals surface area contributed by atoms with Gasteiger partial charge in [-0.3, -0.25) is 14.4 Å². The van der Waals surface area contributed by atoms with E-state index in [2.05, 4.69) is 10.6 Å². The first-order chi connectivity index (χ1) is 16.4. The monoisotopic (exact) mass is 485 g/mol. The molecule has 3 saturated heterocycles. The van der Waals surface area contributed by atoms with Gasteiger partial charge < -0.3 is 25.4 Å². The molecule has 3 heterocycles. The van der Waals surface area contributed by atoms with E-state index in [1.807, 2.05) is 65.0 Å². The lowest BCUT2D eigenvalue weighted by molar-refractivity contribution is -0.148. The van der Waals surface area contributed by atoms with Crippen LogP contribution in [0.25, 0.3) is 0 Å². The predicted octanol–water partition coefficient (Wildman–Crippen LogP) is 2.00. The quantitative estimate of drug-likeness (QED) is 0.488. The number of unbranched alkanes of at least 4 members (excludes halogenated alkanes) is 1. The Bertz CT molecular complexity index is 977. The number of hydrogen-bond donors (Lipinski definition) is 3. The highest BCUT2D eigenvalue weighted by Gasteiger charge is 2.79. The maximum absolute atomic E-state index is 13.9. The minimum Gasteiger partial charge on any atom is -0.396 e. The van der Waals surface area contributed by atoms with Crippen molar-refractivity contribution < 1.29 is 24.2 Å². The number of aliphatic hydroxyl groups excluding tert-OH is 1. The summed E-state index contributed by atoms with van der Waals surface area (Å²) in [6, 6.07) is 8.84. The second-order valence-electron chi connectivity index (χ2n) is 11.6. The number of aliphatic hydroxyl groups is 1. The first-order valence-electron chi connectivity index (χ1n) is 12.7. The van der Waals surface area contributed by atoms with Crippen LogP contribution >= 0.6 is 0 Å². The molecule has 0 saturated carbocycles. The zero-order valence-electron chi connectivity index (χ0n) is 21.5. The van der Waals surface area contributed by atoms with Crippen LogP contribution in [0.5, 0.6) is 0 Å². The van der Waals surface area contributed by atoms with Gasteiger partial charge in [0, 0.05) is 25.2 Å². The standard InChI is InChI=1S/C27H39N3O5/c1-17-15-27-20(19(26(17,5)35-27)22(32)28-16-18-11-7-6-8-12-18)24(34)30(13-9-10-14-31)21(27)23(33)29-25(2,3)4/h6-8,11-12,17,19-21,31H,9-10,13-16H2,1-5H3,(H,28,32)(H,29,33)/t17?,19-,20-,21?,26+,27?/m0/s1. The van der Waals surface area contributed by atoms with Crippen LogP contribution < -0.4 is 10.6 Å². The van der Waals surface area contributed by atoms with Crippen LogP contribution in [0, 0.1) is 17.8 Å². The summed E-state index contributed by atoms with van der Waals surface area (Å²) >= 11 is 0. The Morgan fingerprint density at radius 1 is 1.17 bits per heavy atom. The molecule has 3 amide bonds. The van der Waals surface area contributed by atoms with Crippen molar-refractivity contribution in [2.45, 2.75) is 83.2 Å². The third-order valence-electron chi connectivity index (χ3n) is 7.96. The van der Waals surface area contributed by atoms with Crippen molar-refractivity contribution in [1.82, 2.24) is 15.5 Å². The molecule has 192 valence electrons. The van der Waals surface area contributed by atoms with E-state index in [9.17, 15) is 19.5 Å². The summed E-state index contributed by atoms with van der Waals surface area (Å²) in [7, 11) is 0. The molecule has 0 aromatic heterocycles. The molecule has 0 aliphatic carbocycles. The van der Waals surface area contributed by atoms with Gasteiger partial charge in [0.1, 0.15) is 11.6 Å². The zero-order chi connectivity index (χ0) is 25.6. The summed E-state index contributed by atoms with van der Waals surface area (Å²) in [6.07, 6.45) is 1.65. The van der Waals surface area contributed by atoms with Crippen molar-refractivity contribution in [3.05, 3.63) is 35.9 Å². The zero-order valence-corrected chi connectivity index (χ0v) is 21.5. The van der Waals surface area contributed by atoms with E-state index < -0.39 is 34.6 Å². The van der Waals surface area contributed by atoms with Gasteiger partial charge >= 0.3 is 0 Å². The fourth-order valence-corrected chi connectivity index (χ4v) is 6.41. The molecular formula is C27H39N3O5. The fraction of sp³-hybridized carbons (Fsp3) is 0.667. The number of nitrogens with zero attached hydrogens (tertiary/aromatic N) is 1. The maximum Gasteiger partial charge on any atom is 0.246 e. The minimum atomic E-state index is -1.05. The lowest BCUT2D eigenvalue weighted by Gasteiger charge is -2.37. The molecule has 35 heavy (non-hydrogen) atoms. The molecule has 1 aromatic carbocycles. The molecule has 0 radical (unpaired) electrons. The van der Waals surface area contributed by atoms with E-state index in [4.69, 9.17) is 4.74 Å². The van der Waals surface area contributed by atoms with Gasteiger partial charge in [-0.15, -0.1) is 0 Å². The van der Waals surface area contributed by atoms with Crippen molar-refractivity contribution in [3.8, 4) is 0 Å². The molecular weight excluding hydrogens is 446 g/mol. The Morgan fingerprint density at radius 3 is 2.49 bits per heavy atom. The van der Waals surface area contributed by atoms with Crippen LogP contribution in [0.2, 0.25) is 0 Å². The average molecular weight is 486 g/mol. The first-order valence-corrected chi connectivity index (χ1v) is 12.7. The van der Waals surface area contributed by atoms with Gasteiger partial charge in [0.05, 0.1) is 17.4 Å². The van der Waals surface area contributed by atoms with E-state index in [0.29, 0.717) is 32.4 Å². The van der Waals surface area contributed by atoms with Crippen LogP contribution in [0.15, 0.2) is 30.3 Å². The molecule has 1 spiro atoms. The van der Waals surface area contributed by atoms with Crippen LogP contribution in [-0.4, -0.2) is 63.7 Å². The van der Waals surface area contributed by atoms with E-state index in [1.54, 1.807) is 4.90 Å². The van der Waals surface area contributed by atoms with Gasteiger partial charge in [-0.2, -0.15) is 0 Å². The number of ether oxygens (including phenoxy) is 1. The highest BCUT2D eigenvalue weighted by Crippen LogP contribution is 2.65. The molecule has 3 aliphatic rings. The van der Waals surface area contributed by atoms with E-state index in [1.165, 1.54) is 0 Å². The van der Waals surface area contributed by atoms with Gasteiger partial charge in [-0.25, -0.2) is 0 Å². The number of hydrogen-bond acceptors (Lipinski definition) is 5. The average Bonchev–Trinajstić information content (AvgIpc) is 3.29. The maximum atomic E-state index is 13.9.